The van der Waals surface area contributed by atoms with Crippen LogP contribution in [0.1, 0.15) is 66.7 Å². The van der Waals surface area contributed by atoms with Crippen LogP contribution in [0.4, 0.5) is 0 Å². The van der Waals surface area contributed by atoms with E-state index < -0.39 is 27.2 Å². The summed E-state index contributed by atoms with van der Waals surface area (Å²) in [5, 5.41) is 0. The van der Waals surface area contributed by atoms with Crippen molar-refractivity contribution >= 4 is 27.0 Å². The minimum absolute atomic E-state index is 0.0195. The molecular weight excluding hydrogens is 548 g/mol. The number of aryl methyl sites for hydroxylation is 1. The van der Waals surface area contributed by atoms with Crippen molar-refractivity contribution in [1.82, 2.24) is 9.29 Å². The number of rotatable bonds is 13. The van der Waals surface area contributed by atoms with Crippen molar-refractivity contribution in [2.75, 3.05) is 12.9 Å². The Morgan fingerprint density at radius 1 is 1.12 bits per heavy atom. The Morgan fingerprint density at radius 3 is 2.40 bits per heavy atom. The van der Waals surface area contributed by atoms with Crippen molar-refractivity contribution in [3.8, 4) is 16.9 Å². The number of methoxy groups -OCH3 is 1. The van der Waals surface area contributed by atoms with Gasteiger partial charge in [-0.25, -0.2) is 8.42 Å². The lowest BCUT2D eigenvalue weighted by atomic mass is 9.89. The standard InChI is InChI=1S/C30H36N2O6S2/c1-7-9-20(3)39(35)31-21(4)26-17-29(33)32(5)18-28(26)27-16-22(19-40(36,37)8-2)10-15-25(27)30(34)23-11-13-24(38-6)14-12-23/h10-18,21,31H,3,7-9,19H2,1-2,4-6H3/t21-,39+/m0/s1. The highest BCUT2D eigenvalue weighted by atomic mass is 32.2. The van der Waals surface area contributed by atoms with Crippen molar-refractivity contribution < 1.29 is 22.5 Å². The van der Waals surface area contributed by atoms with Crippen LogP contribution in [0.2, 0.25) is 0 Å². The lowest BCUT2D eigenvalue weighted by Crippen LogP contribution is -2.29. The number of hydrogen-bond donors (Lipinski definition) is 1. The number of pyridine rings is 1. The van der Waals surface area contributed by atoms with E-state index in [1.54, 1.807) is 76.7 Å². The van der Waals surface area contributed by atoms with E-state index in [0.29, 0.717) is 50.5 Å². The Morgan fingerprint density at radius 2 is 1.80 bits per heavy atom. The number of nitrogens with one attached hydrogen (secondary N) is 1. The van der Waals surface area contributed by atoms with Gasteiger partial charge in [0.2, 0.25) is 0 Å². The molecule has 2 atom stereocenters. The predicted molar refractivity (Wildman–Crippen MR) is 160 cm³/mol. The number of aromatic nitrogens is 1. The Kier molecular flexibility index (Phi) is 10.5. The van der Waals surface area contributed by atoms with Crippen LogP contribution < -0.4 is 15.0 Å². The van der Waals surface area contributed by atoms with Crippen LogP contribution in [-0.2, 0) is 34.0 Å². The van der Waals surface area contributed by atoms with Crippen LogP contribution >= 0.6 is 0 Å². The van der Waals surface area contributed by atoms with E-state index >= 15 is 0 Å². The molecule has 40 heavy (non-hydrogen) atoms. The second-order valence-corrected chi connectivity index (χ2v) is 13.3. The van der Waals surface area contributed by atoms with Crippen LogP contribution in [0.15, 0.2) is 71.0 Å². The highest BCUT2D eigenvalue weighted by molar-refractivity contribution is 7.93. The molecule has 0 aliphatic heterocycles. The van der Waals surface area contributed by atoms with Gasteiger partial charge in [0.05, 0.1) is 30.3 Å². The zero-order valence-corrected chi connectivity index (χ0v) is 25.2. The number of benzene rings is 2. The summed E-state index contributed by atoms with van der Waals surface area (Å²) in [5.74, 6) is 0.120. The van der Waals surface area contributed by atoms with Crippen LogP contribution in [0.5, 0.6) is 5.75 Å². The van der Waals surface area contributed by atoms with Gasteiger partial charge in [0.1, 0.15) is 10.7 Å². The first-order valence-electron chi connectivity index (χ1n) is 13.0. The molecule has 3 rings (SSSR count). The molecule has 1 heterocycles. The molecule has 0 radical (unpaired) electrons. The third-order valence-corrected chi connectivity index (χ3v) is 9.55. The van der Waals surface area contributed by atoms with Gasteiger partial charge in [0.15, 0.2) is 15.6 Å². The van der Waals surface area contributed by atoms with Gasteiger partial charge in [-0.15, -0.1) is 4.72 Å². The zero-order valence-electron chi connectivity index (χ0n) is 23.5. The van der Waals surface area contributed by atoms with E-state index in [0.717, 1.165) is 6.42 Å². The SMILES string of the molecule is C=C(CCC)[S@@+]([O-])N[C@@H](C)c1cc(=O)n(C)cc1-c1cc(CS(=O)(=O)CC)ccc1C(=O)c1ccc(OC)cc1. The van der Waals surface area contributed by atoms with Crippen LogP contribution in [0.25, 0.3) is 11.1 Å². The lowest BCUT2D eigenvalue weighted by Gasteiger charge is -2.22. The summed E-state index contributed by atoms with van der Waals surface area (Å²) in [5.41, 5.74) is 2.55. The maximum atomic E-state index is 13.8. The Hall–Kier alpha value is -3.18. The van der Waals surface area contributed by atoms with Gasteiger partial charge in [-0.05, 0) is 66.9 Å². The molecule has 214 valence electrons. The number of hydrogen-bond acceptors (Lipinski definition) is 7. The van der Waals surface area contributed by atoms with Crippen LogP contribution in [0.3, 0.4) is 0 Å². The van der Waals surface area contributed by atoms with Gasteiger partial charge < -0.3 is 13.9 Å². The van der Waals surface area contributed by atoms with Crippen molar-refractivity contribution in [1.29, 1.82) is 0 Å². The van der Waals surface area contributed by atoms with E-state index in [-0.39, 0.29) is 22.8 Å². The maximum absolute atomic E-state index is 13.8. The molecule has 0 fully saturated rings. The largest absolute Gasteiger partial charge is 0.593 e. The Labute approximate surface area is 239 Å². The van der Waals surface area contributed by atoms with Gasteiger partial charge in [0, 0.05) is 48.2 Å². The maximum Gasteiger partial charge on any atom is 0.250 e. The number of ketones is 1. The molecule has 0 bridgehead atoms. The van der Waals surface area contributed by atoms with Gasteiger partial charge in [-0.1, -0.05) is 26.0 Å². The summed E-state index contributed by atoms with van der Waals surface area (Å²) in [6.07, 6.45) is 3.00. The second-order valence-electron chi connectivity index (χ2n) is 9.60. The van der Waals surface area contributed by atoms with Gasteiger partial charge in [-0.3, -0.25) is 9.59 Å². The molecule has 0 amide bonds. The van der Waals surface area contributed by atoms with Crippen molar-refractivity contribution in [3.05, 3.63) is 98.8 Å². The van der Waals surface area contributed by atoms with Crippen molar-refractivity contribution in [2.45, 2.75) is 45.4 Å². The number of sulfone groups is 1. The molecule has 3 aromatic rings. The quantitative estimate of drug-likeness (QED) is 0.225. The predicted octanol–water partition coefficient (Wildman–Crippen LogP) is 4.85. The average molecular weight is 585 g/mol. The molecule has 10 heteroatoms. The van der Waals surface area contributed by atoms with E-state index in [4.69, 9.17) is 4.74 Å². The fourth-order valence-electron chi connectivity index (χ4n) is 4.26. The highest BCUT2D eigenvalue weighted by Crippen LogP contribution is 2.33. The third-order valence-electron chi connectivity index (χ3n) is 6.60. The first kappa shape index (κ1) is 31.3. The minimum Gasteiger partial charge on any atom is -0.593 e. The molecule has 0 unspecified atom stereocenters. The molecular formula is C30H36N2O6S2. The lowest BCUT2D eigenvalue weighted by molar-refractivity contribution is 0.103. The number of ether oxygens (including phenoxy) is 1. The van der Waals surface area contributed by atoms with E-state index in [1.807, 2.05) is 6.92 Å². The summed E-state index contributed by atoms with van der Waals surface area (Å²) in [6, 6.07) is 12.6. The average Bonchev–Trinajstić information content (AvgIpc) is 2.93. The van der Waals surface area contributed by atoms with E-state index in [1.165, 1.54) is 10.6 Å². The normalized spacial score (nSPS) is 13.1. The first-order valence-corrected chi connectivity index (χ1v) is 16.0. The highest BCUT2D eigenvalue weighted by Gasteiger charge is 2.25. The Balaban J connectivity index is 2.22. The number of nitrogens with zero attached hydrogens (tertiary/aromatic N) is 1. The second kappa shape index (κ2) is 13.5. The summed E-state index contributed by atoms with van der Waals surface area (Å²) in [7, 11) is -0.210. The van der Waals surface area contributed by atoms with E-state index in [9.17, 15) is 22.6 Å². The smallest absolute Gasteiger partial charge is 0.250 e. The minimum atomic E-state index is -3.35. The molecule has 1 N–H and O–H groups in total. The van der Waals surface area contributed by atoms with Crippen molar-refractivity contribution in [2.24, 2.45) is 7.05 Å². The number of carbonyl (C=O) groups is 1. The zero-order chi connectivity index (χ0) is 29.6. The molecule has 0 saturated heterocycles. The summed E-state index contributed by atoms with van der Waals surface area (Å²) in [4.78, 5) is 27.0. The number of carbonyl (C=O) groups excluding carboxylic acids is 1. The molecule has 0 aliphatic rings. The third kappa shape index (κ3) is 7.51. The first-order chi connectivity index (χ1) is 18.9. The van der Waals surface area contributed by atoms with Crippen LogP contribution in [-0.4, -0.2) is 36.2 Å². The van der Waals surface area contributed by atoms with Crippen molar-refractivity contribution in [3.63, 3.8) is 0 Å². The Bertz CT molecular complexity index is 1550. The molecule has 1 aromatic heterocycles. The van der Waals surface area contributed by atoms with Gasteiger partial charge in [0.25, 0.3) is 5.56 Å². The molecule has 2 aromatic carbocycles. The van der Waals surface area contributed by atoms with Gasteiger partial charge in [-0.2, -0.15) is 0 Å². The molecule has 0 aliphatic carbocycles. The monoisotopic (exact) mass is 584 g/mol. The number of allylic oxidation sites excluding steroid dienone is 1. The van der Waals surface area contributed by atoms with E-state index in [2.05, 4.69) is 11.3 Å². The fourth-order valence-corrected chi connectivity index (χ4v) is 6.16. The fraction of sp³-hybridized carbons (Fsp3) is 0.333. The summed E-state index contributed by atoms with van der Waals surface area (Å²) >= 11 is -1.55. The summed E-state index contributed by atoms with van der Waals surface area (Å²) < 4.78 is 47.4. The topological polar surface area (TPSA) is 118 Å². The van der Waals surface area contributed by atoms with Crippen LogP contribution in [0, 0.1) is 0 Å². The molecule has 0 saturated carbocycles. The summed E-state index contributed by atoms with van der Waals surface area (Å²) in [6.45, 7) is 9.24. The van der Waals surface area contributed by atoms with Gasteiger partial charge >= 0.3 is 0 Å². The molecule has 0 spiro atoms. The molecule has 8 nitrogen and oxygen atoms in total.